The maximum absolute atomic E-state index is 12.5. The smallest absolute Gasteiger partial charge is 0.311 e. The van der Waals surface area contributed by atoms with E-state index in [1.807, 2.05) is 4.90 Å². The predicted octanol–water partition coefficient (Wildman–Crippen LogP) is 2.20. The van der Waals surface area contributed by atoms with E-state index in [9.17, 15) is 19.2 Å². The molecule has 8 heteroatoms. The highest BCUT2D eigenvalue weighted by atomic mass is 16.5. The SMILES string of the molecule is CNC(=O)c1cccc(NC(=O)COC(=O)[C@@H]2CC(=O)N([C@@H]3CCC[C@H](C)[C@H]3C)C2)c1. The molecule has 4 atom stereocenters. The fourth-order valence-electron chi connectivity index (χ4n) is 4.54. The minimum absolute atomic E-state index is 0.0108. The summed E-state index contributed by atoms with van der Waals surface area (Å²) in [5, 5.41) is 5.13. The molecule has 8 nitrogen and oxygen atoms in total. The van der Waals surface area contributed by atoms with E-state index in [2.05, 4.69) is 24.5 Å². The Hall–Kier alpha value is -2.90. The van der Waals surface area contributed by atoms with Crippen LogP contribution in [0.4, 0.5) is 5.69 Å². The Morgan fingerprint density at radius 3 is 2.71 bits per heavy atom. The van der Waals surface area contributed by atoms with Crippen LogP contribution in [0, 0.1) is 17.8 Å². The summed E-state index contributed by atoms with van der Waals surface area (Å²) in [5.41, 5.74) is 0.845. The van der Waals surface area contributed by atoms with Gasteiger partial charge in [-0.25, -0.2) is 0 Å². The van der Waals surface area contributed by atoms with E-state index in [1.54, 1.807) is 24.3 Å². The van der Waals surface area contributed by atoms with Crippen molar-refractivity contribution in [2.24, 2.45) is 17.8 Å². The van der Waals surface area contributed by atoms with Gasteiger partial charge in [-0.2, -0.15) is 0 Å². The third-order valence-corrected chi connectivity index (χ3v) is 6.54. The van der Waals surface area contributed by atoms with Crippen molar-refractivity contribution in [3.8, 4) is 0 Å². The second kappa shape index (κ2) is 9.94. The number of esters is 1. The molecule has 1 aromatic rings. The molecule has 0 unspecified atom stereocenters. The third-order valence-electron chi connectivity index (χ3n) is 6.54. The largest absolute Gasteiger partial charge is 0.455 e. The number of nitrogens with one attached hydrogen (secondary N) is 2. The summed E-state index contributed by atoms with van der Waals surface area (Å²) in [4.78, 5) is 50.7. The van der Waals surface area contributed by atoms with Gasteiger partial charge in [0.15, 0.2) is 6.61 Å². The second-order valence-electron chi connectivity index (χ2n) is 8.60. The molecule has 31 heavy (non-hydrogen) atoms. The normalized spacial score (nSPS) is 25.8. The predicted molar refractivity (Wildman–Crippen MR) is 115 cm³/mol. The van der Waals surface area contributed by atoms with Crippen LogP contribution in [0.25, 0.3) is 0 Å². The van der Waals surface area contributed by atoms with Gasteiger partial charge in [-0.1, -0.05) is 32.8 Å². The highest BCUT2D eigenvalue weighted by molar-refractivity contribution is 5.97. The van der Waals surface area contributed by atoms with Crippen molar-refractivity contribution in [1.29, 1.82) is 0 Å². The van der Waals surface area contributed by atoms with Gasteiger partial charge < -0.3 is 20.3 Å². The molecular weight excluding hydrogens is 398 g/mol. The molecule has 1 heterocycles. The van der Waals surface area contributed by atoms with Crippen LogP contribution in [0.5, 0.6) is 0 Å². The van der Waals surface area contributed by atoms with E-state index >= 15 is 0 Å². The minimum Gasteiger partial charge on any atom is -0.455 e. The molecule has 2 aliphatic rings. The van der Waals surface area contributed by atoms with E-state index in [-0.39, 0.29) is 24.3 Å². The number of carbonyl (C=O) groups excluding carboxylic acids is 4. The molecule has 1 aliphatic heterocycles. The van der Waals surface area contributed by atoms with Gasteiger partial charge in [-0.05, 0) is 36.5 Å². The number of ether oxygens (including phenoxy) is 1. The number of likely N-dealkylation sites (tertiary alicyclic amines) is 1. The molecule has 1 saturated heterocycles. The van der Waals surface area contributed by atoms with Crippen molar-refractivity contribution in [2.45, 2.75) is 45.6 Å². The lowest BCUT2D eigenvalue weighted by Crippen LogP contribution is -2.45. The summed E-state index contributed by atoms with van der Waals surface area (Å²) >= 11 is 0. The fourth-order valence-corrected chi connectivity index (χ4v) is 4.54. The van der Waals surface area contributed by atoms with Crippen molar-refractivity contribution in [1.82, 2.24) is 10.2 Å². The molecule has 1 aliphatic carbocycles. The van der Waals surface area contributed by atoms with E-state index in [0.29, 0.717) is 29.6 Å². The number of hydrogen-bond acceptors (Lipinski definition) is 5. The van der Waals surface area contributed by atoms with Crippen LogP contribution >= 0.6 is 0 Å². The van der Waals surface area contributed by atoms with E-state index < -0.39 is 24.4 Å². The van der Waals surface area contributed by atoms with Gasteiger partial charge in [0.25, 0.3) is 11.8 Å². The summed E-state index contributed by atoms with van der Waals surface area (Å²) in [7, 11) is 1.53. The average molecular weight is 430 g/mol. The molecule has 0 spiro atoms. The number of amides is 3. The van der Waals surface area contributed by atoms with Crippen molar-refractivity contribution >= 4 is 29.4 Å². The van der Waals surface area contributed by atoms with Gasteiger partial charge in [0.1, 0.15) is 0 Å². The Labute approximate surface area is 182 Å². The Kier molecular flexibility index (Phi) is 7.30. The first kappa shape index (κ1) is 22.8. The molecule has 0 bridgehead atoms. The van der Waals surface area contributed by atoms with Crippen molar-refractivity contribution < 1.29 is 23.9 Å². The van der Waals surface area contributed by atoms with Crippen LogP contribution in [0.1, 0.15) is 49.9 Å². The molecule has 2 fully saturated rings. The summed E-state index contributed by atoms with van der Waals surface area (Å²) < 4.78 is 5.18. The maximum Gasteiger partial charge on any atom is 0.311 e. The lowest BCUT2D eigenvalue weighted by molar-refractivity contribution is -0.151. The molecule has 2 N–H and O–H groups in total. The molecule has 1 aromatic carbocycles. The van der Waals surface area contributed by atoms with Gasteiger partial charge in [-0.15, -0.1) is 0 Å². The Bertz CT molecular complexity index is 855. The van der Waals surface area contributed by atoms with Crippen LogP contribution in [0.15, 0.2) is 24.3 Å². The monoisotopic (exact) mass is 429 g/mol. The molecule has 3 rings (SSSR count). The maximum atomic E-state index is 12.5. The number of carbonyl (C=O) groups is 4. The summed E-state index contributed by atoms with van der Waals surface area (Å²) in [6.07, 6.45) is 3.37. The Morgan fingerprint density at radius 2 is 1.97 bits per heavy atom. The first-order chi connectivity index (χ1) is 14.8. The van der Waals surface area contributed by atoms with Gasteiger partial charge >= 0.3 is 5.97 Å². The zero-order valence-corrected chi connectivity index (χ0v) is 18.3. The zero-order valence-electron chi connectivity index (χ0n) is 18.3. The van der Waals surface area contributed by atoms with Crippen molar-refractivity contribution in [3.05, 3.63) is 29.8 Å². The topological polar surface area (TPSA) is 105 Å². The van der Waals surface area contributed by atoms with Crippen LogP contribution in [0.2, 0.25) is 0 Å². The van der Waals surface area contributed by atoms with Crippen molar-refractivity contribution in [3.63, 3.8) is 0 Å². The van der Waals surface area contributed by atoms with Gasteiger partial charge in [0, 0.05) is 37.3 Å². The Morgan fingerprint density at radius 1 is 1.19 bits per heavy atom. The number of benzene rings is 1. The number of hydrogen-bond donors (Lipinski definition) is 2. The minimum atomic E-state index is -0.540. The highest BCUT2D eigenvalue weighted by Crippen LogP contribution is 2.35. The first-order valence-electron chi connectivity index (χ1n) is 10.9. The van der Waals surface area contributed by atoms with Gasteiger partial charge in [0.2, 0.25) is 5.91 Å². The molecule has 0 radical (unpaired) electrons. The van der Waals surface area contributed by atoms with Crippen LogP contribution in [-0.2, 0) is 19.1 Å². The lowest BCUT2D eigenvalue weighted by Gasteiger charge is -2.39. The number of rotatable bonds is 6. The molecule has 1 saturated carbocycles. The summed E-state index contributed by atoms with van der Waals surface area (Å²) in [6, 6.07) is 6.64. The molecule has 0 aromatic heterocycles. The molecule has 3 amide bonds. The third kappa shape index (κ3) is 5.42. The fraction of sp³-hybridized carbons (Fsp3) is 0.565. The van der Waals surface area contributed by atoms with E-state index in [4.69, 9.17) is 4.74 Å². The molecular formula is C23H31N3O5. The molecule has 168 valence electrons. The van der Waals surface area contributed by atoms with E-state index in [0.717, 1.165) is 12.8 Å². The standard InChI is InChI=1S/C23H31N3O5/c1-14-6-4-9-19(15(14)2)26-12-17(11-21(26)28)23(30)31-13-20(27)25-18-8-5-7-16(10-18)22(29)24-3/h5,7-8,10,14-15,17,19H,4,6,9,11-13H2,1-3H3,(H,24,29)(H,25,27)/t14-,15+,17+,19+/m0/s1. The van der Waals surface area contributed by atoms with Crippen molar-refractivity contribution in [2.75, 3.05) is 25.5 Å². The second-order valence-corrected chi connectivity index (χ2v) is 8.60. The van der Waals surface area contributed by atoms with Crippen LogP contribution in [-0.4, -0.2) is 54.8 Å². The summed E-state index contributed by atoms with van der Waals surface area (Å²) in [6.45, 7) is 4.31. The van der Waals surface area contributed by atoms with Gasteiger partial charge in [-0.3, -0.25) is 19.2 Å². The van der Waals surface area contributed by atoms with Crippen LogP contribution < -0.4 is 10.6 Å². The number of nitrogens with zero attached hydrogens (tertiary/aromatic N) is 1. The van der Waals surface area contributed by atoms with E-state index in [1.165, 1.54) is 13.5 Å². The Balaban J connectivity index is 1.50. The van der Waals surface area contributed by atoms with Gasteiger partial charge in [0.05, 0.1) is 5.92 Å². The zero-order chi connectivity index (χ0) is 22.5. The number of anilines is 1. The highest BCUT2D eigenvalue weighted by Gasteiger charge is 2.42. The summed E-state index contributed by atoms with van der Waals surface area (Å²) in [5.74, 6) is -0.878. The first-order valence-corrected chi connectivity index (χ1v) is 10.9. The average Bonchev–Trinajstić information content (AvgIpc) is 3.15. The quantitative estimate of drug-likeness (QED) is 0.675. The van der Waals surface area contributed by atoms with Crippen LogP contribution in [0.3, 0.4) is 0 Å². The lowest BCUT2D eigenvalue weighted by atomic mass is 9.77.